The topological polar surface area (TPSA) is 66.5 Å². The molecule has 0 aliphatic carbocycles. The van der Waals surface area contributed by atoms with Gasteiger partial charge in [0.25, 0.3) is 15.9 Å². The molecule has 1 N–H and O–H groups in total. The fourth-order valence-corrected chi connectivity index (χ4v) is 5.07. The van der Waals surface area contributed by atoms with Crippen LogP contribution in [0.1, 0.15) is 10.4 Å². The molecule has 0 radical (unpaired) electrons. The molecular formula is C18H14BrClN2O3S2. The largest absolute Gasteiger partial charge is 0.322 e. The van der Waals surface area contributed by atoms with Crippen molar-refractivity contribution < 1.29 is 13.2 Å². The minimum absolute atomic E-state index is 0.263. The van der Waals surface area contributed by atoms with Gasteiger partial charge in [-0.05, 0) is 69.8 Å². The minimum Gasteiger partial charge on any atom is -0.322 e. The van der Waals surface area contributed by atoms with E-state index in [1.54, 1.807) is 60.0 Å². The molecule has 27 heavy (non-hydrogen) atoms. The number of halogens is 2. The Balaban J connectivity index is 1.76. The third-order valence-electron chi connectivity index (χ3n) is 3.78. The maximum atomic E-state index is 12.6. The van der Waals surface area contributed by atoms with Gasteiger partial charge < -0.3 is 5.32 Å². The fourth-order valence-electron chi connectivity index (χ4n) is 2.28. The molecule has 1 aromatic heterocycles. The van der Waals surface area contributed by atoms with Crippen LogP contribution in [0.25, 0.3) is 0 Å². The molecule has 2 aromatic carbocycles. The Morgan fingerprint density at radius 3 is 2.44 bits per heavy atom. The Morgan fingerprint density at radius 2 is 1.85 bits per heavy atom. The zero-order chi connectivity index (χ0) is 19.6. The molecule has 0 aliphatic rings. The van der Waals surface area contributed by atoms with E-state index in [2.05, 4.69) is 21.2 Å². The van der Waals surface area contributed by atoms with Gasteiger partial charge in [0, 0.05) is 22.8 Å². The van der Waals surface area contributed by atoms with Crippen LogP contribution in [0.15, 0.2) is 68.7 Å². The van der Waals surface area contributed by atoms with Crippen molar-refractivity contribution in [3.8, 4) is 0 Å². The first-order chi connectivity index (χ1) is 12.8. The third-order valence-corrected chi connectivity index (χ3v) is 8.17. The molecule has 0 bridgehead atoms. The number of rotatable bonds is 5. The van der Waals surface area contributed by atoms with Crippen molar-refractivity contribution in [2.24, 2.45) is 0 Å². The summed E-state index contributed by atoms with van der Waals surface area (Å²) >= 11 is 10.5. The molecule has 0 saturated carbocycles. The zero-order valence-corrected chi connectivity index (χ0v) is 18.0. The second kappa shape index (κ2) is 8.02. The van der Waals surface area contributed by atoms with Crippen LogP contribution in [0.2, 0.25) is 5.02 Å². The third kappa shape index (κ3) is 4.35. The van der Waals surface area contributed by atoms with Crippen molar-refractivity contribution in [2.75, 3.05) is 16.7 Å². The summed E-state index contributed by atoms with van der Waals surface area (Å²) in [5, 5.41) is 4.95. The number of hydrogen-bond donors (Lipinski definition) is 1. The van der Waals surface area contributed by atoms with Gasteiger partial charge in [0.1, 0.15) is 4.21 Å². The van der Waals surface area contributed by atoms with E-state index >= 15 is 0 Å². The van der Waals surface area contributed by atoms with E-state index in [9.17, 15) is 13.2 Å². The first kappa shape index (κ1) is 19.9. The summed E-state index contributed by atoms with van der Waals surface area (Å²) in [6.45, 7) is 0. The van der Waals surface area contributed by atoms with Crippen molar-refractivity contribution >= 4 is 66.2 Å². The Morgan fingerprint density at radius 1 is 1.15 bits per heavy atom. The quantitative estimate of drug-likeness (QED) is 0.537. The van der Waals surface area contributed by atoms with Crippen molar-refractivity contribution in [1.29, 1.82) is 0 Å². The Labute approximate surface area is 174 Å². The second-order valence-electron chi connectivity index (χ2n) is 5.53. The van der Waals surface area contributed by atoms with Crippen LogP contribution in [0.4, 0.5) is 11.4 Å². The van der Waals surface area contributed by atoms with Gasteiger partial charge in [0.15, 0.2) is 0 Å². The molecule has 0 fully saturated rings. The Hall–Kier alpha value is -1.87. The van der Waals surface area contributed by atoms with E-state index < -0.39 is 10.0 Å². The van der Waals surface area contributed by atoms with Gasteiger partial charge in [-0.1, -0.05) is 17.7 Å². The lowest BCUT2D eigenvalue weighted by atomic mass is 10.2. The van der Waals surface area contributed by atoms with E-state index in [1.165, 1.54) is 11.4 Å². The highest BCUT2D eigenvalue weighted by atomic mass is 79.9. The lowest BCUT2D eigenvalue weighted by Crippen LogP contribution is -2.25. The molecule has 0 aliphatic heterocycles. The smallest absolute Gasteiger partial charge is 0.273 e. The summed E-state index contributed by atoms with van der Waals surface area (Å²) < 4.78 is 27.3. The van der Waals surface area contributed by atoms with Gasteiger partial charge >= 0.3 is 0 Å². The van der Waals surface area contributed by atoms with E-state index in [0.717, 1.165) is 15.8 Å². The summed E-state index contributed by atoms with van der Waals surface area (Å²) in [6.07, 6.45) is 0. The summed E-state index contributed by atoms with van der Waals surface area (Å²) in [6, 6.07) is 14.7. The first-order valence-corrected chi connectivity index (χ1v) is 11.2. The van der Waals surface area contributed by atoms with Gasteiger partial charge in [-0.3, -0.25) is 9.10 Å². The number of hydrogen-bond acceptors (Lipinski definition) is 4. The van der Waals surface area contributed by atoms with Gasteiger partial charge in [0.2, 0.25) is 0 Å². The van der Waals surface area contributed by atoms with E-state index in [-0.39, 0.29) is 10.1 Å². The van der Waals surface area contributed by atoms with Crippen molar-refractivity contribution in [2.45, 2.75) is 4.21 Å². The molecule has 5 nitrogen and oxygen atoms in total. The van der Waals surface area contributed by atoms with E-state index in [1.807, 2.05) is 0 Å². The predicted octanol–water partition coefficient (Wildman–Crippen LogP) is 5.24. The standard InChI is InChI=1S/C18H14BrClN2O3S2/c1-22(27(24,25)17-3-2-10-26-17)14-7-4-12(5-8-14)18(23)21-13-6-9-15(19)16(20)11-13/h2-11H,1H3,(H,21,23). The van der Waals surface area contributed by atoms with Gasteiger partial charge in [0.05, 0.1) is 10.7 Å². The number of nitrogens with zero attached hydrogens (tertiary/aromatic N) is 1. The lowest BCUT2D eigenvalue weighted by molar-refractivity contribution is 0.102. The molecular weight excluding hydrogens is 472 g/mol. The van der Waals surface area contributed by atoms with Crippen molar-refractivity contribution in [3.05, 3.63) is 75.0 Å². The molecule has 3 rings (SSSR count). The minimum atomic E-state index is -3.61. The lowest BCUT2D eigenvalue weighted by Gasteiger charge is -2.18. The number of carbonyl (C=O) groups is 1. The molecule has 140 valence electrons. The fraction of sp³-hybridized carbons (Fsp3) is 0.0556. The van der Waals surface area contributed by atoms with Gasteiger partial charge in [-0.2, -0.15) is 0 Å². The van der Waals surface area contributed by atoms with E-state index in [4.69, 9.17) is 11.6 Å². The highest BCUT2D eigenvalue weighted by Crippen LogP contribution is 2.27. The Bertz CT molecular complexity index is 1070. The number of carbonyl (C=O) groups excluding carboxylic acids is 1. The maximum Gasteiger partial charge on any atom is 0.273 e. The molecule has 1 heterocycles. The van der Waals surface area contributed by atoms with E-state index in [0.29, 0.717) is 22.0 Å². The molecule has 0 saturated heterocycles. The maximum absolute atomic E-state index is 12.6. The average molecular weight is 486 g/mol. The number of amides is 1. The molecule has 9 heteroatoms. The Kier molecular flexibility index (Phi) is 5.90. The summed E-state index contributed by atoms with van der Waals surface area (Å²) in [7, 11) is -2.13. The van der Waals surface area contributed by atoms with Crippen LogP contribution in [0.3, 0.4) is 0 Å². The predicted molar refractivity (Wildman–Crippen MR) is 113 cm³/mol. The molecule has 0 atom stereocenters. The number of anilines is 2. The van der Waals surface area contributed by atoms with Gasteiger partial charge in [-0.15, -0.1) is 11.3 Å². The van der Waals surface area contributed by atoms with Crippen LogP contribution in [0.5, 0.6) is 0 Å². The number of thiophene rings is 1. The monoisotopic (exact) mass is 484 g/mol. The van der Waals surface area contributed by atoms with Crippen LogP contribution in [-0.4, -0.2) is 21.4 Å². The highest BCUT2D eigenvalue weighted by molar-refractivity contribution is 9.10. The number of benzene rings is 2. The molecule has 0 spiro atoms. The normalized spacial score (nSPS) is 11.2. The molecule has 3 aromatic rings. The second-order valence-corrected chi connectivity index (χ2v) is 9.94. The molecule has 0 unspecified atom stereocenters. The number of sulfonamides is 1. The average Bonchev–Trinajstić information content (AvgIpc) is 3.20. The SMILES string of the molecule is CN(c1ccc(C(=O)Nc2ccc(Br)c(Cl)c2)cc1)S(=O)(=O)c1cccs1. The van der Waals surface area contributed by atoms with Crippen molar-refractivity contribution in [3.63, 3.8) is 0 Å². The number of nitrogens with one attached hydrogen (secondary N) is 1. The first-order valence-electron chi connectivity index (χ1n) is 7.68. The van der Waals surface area contributed by atoms with Crippen LogP contribution >= 0.6 is 38.9 Å². The molecule has 1 amide bonds. The van der Waals surface area contributed by atoms with Gasteiger partial charge in [-0.25, -0.2) is 8.42 Å². The van der Waals surface area contributed by atoms with Crippen molar-refractivity contribution in [1.82, 2.24) is 0 Å². The zero-order valence-electron chi connectivity index (χ0n) is 14.0. The summed E-state index contributed by atoms with van der Waals surface area (Å²) in [5.74, 6) is -0.316. The van der Waals surface area contributed by atoms with Crippen LogP contribution in [-0.2, 0) is 10.0 Å². The summed E-state index contributed by atoms with van der Waals surface area (Å²) in [4.78, 5) is 12.4. The summed E-state index contributed by atoms with van der Waals surface area (Å²) in [5.41, 5.74) is 1.43. The van der Waals surface area contributed by atoms with Crippen LogP contribution < -0.4 is 9.62 Å². The van der Waals surface area contributed by atoms with Crippen LogP contribution in [0, 0.1) is 0 Å². The highest BCUT2D eigenvalue weighted by Gasteiger charge is 2.22.